The number of hydrogen-bond acceptors (Lipinski definition) is 3. The fourth-order valence-electron chi connectivity index (χ4n) is 6.17. The Labute approximate surface area is 142 Å². The van der Waals surface area contributed by atoms with Gasteiger partial charge < -0.3 is 14.7 Å². The molecule has 1 N–H and O–H groups in total. The zero-order chi connectivity index (χ0) is 16.8. The zero-order valence-electron chi connectivity index (χ0n) is 15.8. The average Bonchev–Trinajstić information content (AvgIpc) is 2.88. The van der Waals surface area contributed by atoms with Gasteiger partial charge in [-0.3, -0.25) is 0 Å². The van der Waals surface area contributed by atoms with Gasteiger partial charge in [-0.15, -0.1) is 0 Å². The summed E-state index contributed by atoms with van der Waals surface area (Å²) in [6.07, 6.45) is 5.23. The van der Waals surface area contributed by atoms with Crippen molar-refractivity contribution in [3.8, 4) is 0 Å². The number of hydrogen-bond donors (Lipinski definition) is 1. The average molecular weight is 324 g/mol. The molecule has 3 heteroatoms. The summed E-state index contributed by atoms with van der Waals surface area (Å²) in [5, 5.41) is 10.5. The minimum atomic E-state index is -0.356. The Kier molecular flexibility index (Phi) is 4.85. The predicted octanol–water partition coefficient (Wildman–Crippen LogP) is 3.56. The highest BCUT2D eigenvalue weighted by Crippen LogP contribution is 2.63. The van der Waals surface area contributed by atoms with Gasteiger partial charge in [0.2, 0.25) is 0 Å². The number of fused-ring (bicyclic) bond motifs is 2. The molecule has 2 bridgehead atoms. The minimum absolute atomic E-state index is 0.265. The standard InChI is InChI=1S/C20H37NO2/c1-14-8-15(2)11-21(10-14)12-17(22)13-23-18-19(3,4)16-6-7-20(18,5)9-16/h14-18,22H,6-13H2,1-5H3/t14-,15+,16-,17+,18-,20-/m1/s1. The molecule has 1 aliphatic heterocycles. The highest BCUT2D eigenvalue weighted by Gasteiger charge is 2.60. The molecule has 134 valence electrons. The number of β-amino-alcohol motifs (C(OH)–C–C–N with tert-alkyl or cyclic N) is 1. The maximum absolute atomic E-state index is 10.5. The normalized spacial score (nSPS) is 44.6. The van der Waals surface area contributed by atoms with Crippen LogP contribution in [0.3, 0.4) is 0 Å². The molecule has 0 amide bonds. The maximum atomic E-state index is 10.5. The lowest BCUT2D eigenvalue weighted by atomic mass is 9.70. The van der Waals surface area contributed by atoms with E-state index in [4.69, 9.17) is 4.74 Å². The van der Waals surface area contributed by atoms with Crippen LogP contribution in [0.4, 0.5) is 0 Å². The van der Waals surface area contributed by atoms with Crippen molar-refractivity contribution in [1.82, 2.24) is 4.90 Å². The van der Waals surface area contributed by atoms with Crippen LogP contribution in [0.2, 0.25) is 0 Å². The lowest BCUT2D eigenvalue weighted by molar-refractivity contribution is -0.114. The molecule has 0 spiro atoms. The van der Waals surface area contributed by atoms with E-state index in [0.717, 1.165) is 37.4 Å². The van der Waals surface area contributed by atoms with Gasteiger partial charge in [0.25, 0.3) is 0 Å². The molecule has 6 atom stereocenters. The summed E-state index contributed by atoms with van der Waals surface area (Å²) < 4.78 is 6.34. The molecule has 0 aromatic carbocycles. The van der Waals surface area contributed by atoms with Crippen molar-refractivity contribution in [2.24, 2.45) is 28.6 Å². The summed E-state index contributed by atoms with van der Waals surface area (Å²) in [7, 11) is 0. The van der Waals surface area contributed by atoms with E-state index in [9.17, 15) is 5.11 Å². The predicted molar refractivity (Wildman–Crippen MR) is 94.4 cm³/mol. The molecule has 1 heterocycles. The number of aliphatic hydroxyl groups is 1. The van der Waals surface area contributed by atoms with Crippen LogP contribution in [-0.2, 0) is 4.74 Å². The first-order valence-electron chi connectivity index (χ1n) is 9.73. The van der Waals surface area contributed by atoms with Gasteiger partial charge in [0.15, 0.2) is 0 Å². The van der Waals surface area contributed by atoms with Gasteiger partial charge in [0, 0.05) is 19.6 Å². The van der Waals surface area contributed by atoms with Gasteiger partial charge >= 0.3 is 0 Å². The lowest BCUT2D eigenvalue weighted by Gasteiger charge is -2.43. The molecule has 3 rings (SSSR count). The van der Waals surface area contributed by atoms with E-state index in [2.05, 4.69) is 39.5 Å². The van der Waals surface area contributed by atoms with E-state index >= 15 is 0 Å². The van der Waals surface area contributed by atoms with Crippen LogP contribution in [0.25, 0.3) is 0 Å². The van der Waals surface area contributed by atoms with E-state index < -0.39 is 0 Å². The highest BCUT2D eigenvalue weighted by atomic mass is 16.5. The van der Waals surface area contributed by atoms with E-state index in [1.807, 2.05) is 0 Å². The number of aliphatic hydroxyl groups excluding tert-OH is 1. The van der Waals surface area contributed by atoms with Crippen LogP contribution >= 0.6 is 0 Å². The summed E-state index contributed by atoms with van der Waals surface area (Å²) >= 11 is 0. The largest absolute Gasteiger partial charge is 0.389 e. The van der Waals surface area contributed by atoms with Crippen molar-refractivity contribution in [3.05, 3.63) is 0 Å². The summed E-state index contributed by atoms with van der Waals surface area (Å²) in [6, 6.07) is 0. The van der Waals surface area contributed by atoms with Crippen LogP contribution < -0.4 is 0 Å². The molecule has 1 saturated heterocycles. The van der Waals surface area contributed by atoms with Crippen LogP contribution in [0, 0.1) is 28.6 Å². The van der Waals surface area contributed by atoms with E-state index in [1.165, 1.54) is 25.7 Å². The molecule has 2 aliphatic carbocycles. The molecule has 3 nitrogen and oxygen atoms in total. The first kappa shape index (κ1) is 17.7. The Morgan fingerprint density at radius 3 is 2.39 bits per heavy atom. The molecule has 0 radical (unpaired) electrons. The first-order chi connectivity index (χ1) is 10.7. The van der Waals surface area contributed by atoms with Gasteiger partial charge in [-0.05, 0) is 54.3 Å². The number of nitrogens with zero attached hydrogens (tertiary/aromatic N) is 1. The van der Waals surface area contributed by atoms with Gasteiger partial charge in [0.1, 0.15) is 0 Å². The molecule has 3 fully saturated rings. The molecule has 0 aromatic rings. The van der Waals surface area contributed by atoms with Crippen LogP contribution in [0.15, 0.2) is 0 Å². The van der Waals surface area contributed by atoms with E-state index in [-0.39, 0.29) is 11.5 Å². The topological polar surface area (TPSA) is 32.7 Å². The second-order valence-corrected chi connectivity index (χ2v) is 9.95. The van der Waals surface area contributed by atoms with Crippen LogP contribution in [-0.4, -0.2) is 48.5 Å². The smallest absolute Gasteiger partial charge is 0.0900 e. The molecule has 0 aromatic heterocycles. The third-order valence-corrected chi connectivity index (χ3v) is 7.01. The van der Waals surface area contributed by atoms with Crippen molar-refractivity contribution in [2.75, 3.05) is 26.2 Å². The van der Waals surface area contributed by atoms with Gasteiger partial charge in [-0.1, -0.05) is 34.6 Å². The van der Waals surface area contributed by atoms with Crippen molar-refractivity contribution in [2.45, 2.75) is 72.5 Å². The van der Waals surface area contributed by atoms with Gasteiger partial charge in [-0.25, -0.2) is 0 Å². The quantitative estimate of drug-likeness (QED) is 0.840. The van der Waals surface area contributed by atoms with Crippen LogP contribution in [0.1, 0.15) is 60.3 Å². The zero-order valence-corrected chi connectivity index (χ0v) is 15.8. The molecule has 2 saturated carbocycles. The van der Waals surface area contributed by atoms with Gasteiger partial charge in [0.05, 0.1) is 18.8 Å². The molecule has 3 aliphatic rings. The monoisotopic (exact) mass is 323 g/mol. The number of likely N-dealkylation sites (tertiary alicyclic amines) is 1. The second-order valence-electron chi connectivity index (χ2n) is 9.95. The summed E-state index contributed by atoms with van der Waals surface area (Å²) in [5.41, 5.74) is 0.600. The third-order valence-electron chi connectivity index (χ3n) is 7.01. The number of piperidine rings is 1. The van der Waals surface area contributed by atoms with E-state index in [0.29, 0.717) is 18.1 Å². The van der Waals surface area contributed by atoms with Crippen molar-refractivity contribution < 1.29 is 9.84 Å². The summed E-state index contributed by atoms with van der Waals surface area (Å²) in [5.74, 6) is 2.30. The SMILES string of the molecule is C[C@@H]1C[C@H](C)CN(C[C@H](O)CO[C@@H]2C(C)(C)[C@@H]3CC[C@]2(C)C3)C1. The Hall–Kier alpha value is -0.120. The molecule has 23 heavy (non-hydrogen) atoms. The number of rotatable bonds is 5. The van der Waals surface area contributed by atoms with Crippen molar-refractivity contribution in [3.63, 3.8) is 0 Å². The minimum Gasteiger partial charge on any atom is -0.389 e. The molecule has 0 unspecified atom stereocenters. The van der Waals surface area contributed by atoms with Crippen molar-refractivity contribution in [1.29, 1.82) is 0 Å². The first-order valence-corrected chi connectivity index (χ1v) is 9.73. The summed E-state index contributed by atoms with van der Waals surface area (Å²) in [6.45, 7) is 15.3. The molecular weight excluding hydrogens is 286 g/mol. The maximum Gasteiger partial charge on any atom is 0.0900 e. The third kappa shape index (κ3) is 3.48. The van der Waals surface area contributed by atoms with Gasteiger partial charge in [-0.2, -0.15) is 0 Å². The Bertz CT molecular complexity index is 409. The van der Waals surface area contributed by atoms with Crippen molar-refractivity contribution >= 4 is 0 Å². The Balaban J connectivity index is 1.50. The summed E-state index contributed by atoms with van der Waals surface area (Å²) in [4.78, 5) is 2.43. The van der Waals surface area contributed by atoms with Crippen LogP contribution in [0.5, 0.6) is 0 Å². The van der Waals surface area contributed by atoms with E-state index in [1.54, 1.807) is 0 Å². The second kappa shape index (κ2) is 6.31. The number of ether oxygens (including phenoxy) is 1. The Morgan fingerprint density at radius 1 is 1.17 bits per heavy atom. The lowest BCUT2D eigenvalue weighted by Crippen LogP contribution is -2.46. The fourth-order valence-corrected chi connectivity index (χ4v) is 6.17. The Morgan fingerprint density at radius 2 is 1.83 bits per heavy atom. The molecular formula is C20H37NO2. The highest BCUT2D eigenvalue weighted by molar-refractivity contribution is 5.09. The fraction of sp³-hybridized carbons (Fsp3) is 1.00.